The Hall–Kier alpha value is -2.35. The Morgan fingerprint density at radius 1 is 1.38 bits per heavy atom. The highest BCUT2D eigenvalue weighted by Crippen LogP contribution is 2.40. The van der Waals surface area contributed by atoms with Crippen molar-refractivity contribution in [2.24, 2.45) is 0 Å². The number of H-pyrrole nitrogens is 1. The molecule has 1 amide bonds. The van der Waals surface area contributed by atoms with Crippen LogP contribution >= 0.6 is 0 Å². The highest BCUT2D eigenvalue weighted by atomic mass is 19.4. The normalized spacial score (nSPS) is 21.3. The zero-order valence-corrected chi connectivity index (χ0v) is 12.8. The molecule has 0 radical (unpaired) electrons. The number of amides is 1. The number of benzene rings is 1. The zero-order valence-electron chi connectivity index (χ0n) is 12.8. The molecule has 2 N–H and O–H groups in total. The van der Waals surface area contributed by atoms with Gasteiger partial charge in [-0.2, -0.15) is 18.3 Å². The molecule has 0 bridgehead atoms. The summed E-state index contributed by atoms with van der Waals surface area (Å²) in [4.78, 5) is 14.0. The van der Waals surface area contributed by atoms with Gasteiger partial charge in [-0.3, -0.25) is 9.89 Å². The van der Waals surface area contributed by atoms with Gasteiger partial charge >= 0.3 is 6.18 Å². The molecule has 1 aromatic heterocycles. The van der Waals surface area contributed by atoms with Gasteiger partial charge in [0.2, 0.25) is 0 Å². The van der Waals surface area contributed by atoms with Gasteiger partial charge in [-0.15, -0.1) is 0 Å². The molecule has 1 aliphatic heterocycles. The van der Waals surface area contributed by atoms with Crippen molar-refractivity contribution in [3.63, 3.8) is 0 Å². The molecular formula is C16H16F3N3O2. The maximum Gasteiger partial charge on any atom is 0.416 e. The highest BCUT2D eigenvalue weighted by Gasteiger charge is 2.41. The molecule has 24 heavy (non-hydrogen) atoms. The molecule has 128 valence electrons. The van der Waals surface area contributed by atoms with Crippen LogP contribution in [0.4, 0.5) is 13.2 Å². The van der Waals surface area contributed by atoms with Crippen LogP contribution in [0.2, 0.25) is 0 Å². The van der Waals surface area contributed by atoms with Gasteiger partial charge in [0.1, 0.15) is 0 Å². The number of aromatic amines is 1. The summed E-state index contributed by atoms with van der Waals surface area (Å²) in [5.41, 5.74) is 0.0321. The Balaban J connectivity index is 2.01. The van der Waals surface area contributed by atoms with E-state index in [0.717, 1.165) is 6.07 Å². The fraction of sp³-hybridized carbons (Fsp3) is 0.375. The summed E-state index contributed by atoms with van der Waals surface area (Å²) in [5.74, 6) is -0.445. The van der Waals surface area contributed by atoms with Crippen LogP contribution in [0.1, 0.15) is 39.6 Å². The smallest absolute Gasteiger partial charge is 0.391 e. The van der Waals surface area contributed by atoms with E-state index in [2.05, 4.69) is 10.2 Å². The van der Waals surface area contributed by atoms with Gasteiger partial charge in [-0.1, -0.05) is 18.2 Å². The molecule has 0 unspecified atom stereocenters. The fourth-order valence-electron chi connectivity index (χ4n) is 3.10. The molecular weight excluding hydrogens is 323 g/mol. The van der Waals surface area contributed by atoms with Gasteiger partial charge in [0.05, 0.1) is 29.5 Å². The number of carbonyl (C=O) groups excluding carboxylic acids is 1. The van der Waals surface area contributed by atoms with Gasteiger partial charge in [0.15, 0.2) is 0 Å². The minimum Gasteiger partial charge on any atom is -0.391 e. The van der Waals surface area contributed by atoms with E-state index in [4.69, 9.17) is 0 Å². The van der Waals surface area contributed by atoms with E-state index in [1.54, 1.807) is 6.92 Å². The Labute approximate surface area is 136 Å². The number of β-amino-alcohol motifs (C(OH)–C–C–N with tert-alkyl or cyclic N) is 1. The fourth-order valence-corrected chi connectivity index (χ4v) is 3.10. The van der Waals surface area contributed by atoms with E-state index in [0.29, 0.717) is 11.3 Å². The molecule has 1 aromatic carbocycles. The lowest BCUT2D eigenvalue weighted by Crippen LogP contribution is -2.32. The number of aliphatic hydroxyl groups excluding tert-OH is 1. The van der Waals surface area contributed by atoms with Crippen LogP contribution in [-0.4, -0.2) is 38.8 Å². The molecule has 5 nitrogen and oxygen atoms in total. The van der Waals surface area contributed by atoms with Crippen molar-refractivity contribution in [1.29, 1.82) is 0 Å². The number of aryl methyl sites for hydroxylation is 1. The van der Waals surface area contributed by atoms with Crippen LogP contribution in [0, 0.1) is 6.92 Å². The second kappa shape index (κ2) is 5.94. The van der Waals surface area contributed by atoms with Crippen molar-refractivity contribution in [2.45, 2.75) is 31.7 Å². The van der Waals surface area contributed by atoms with E-state index >= 15 is 0 Å². The summed E-state index contributed by atoms with van der Waals surface area (Å²) in [6.45, 7) is 1.64. The maximum absolute atomic E-state index is 13.3. The largest absolute Gasteiger partial charge is 0.416 e. The number of aromatic nitrogens is 2. The third kappa shape index (κ3) is 2.89. The van der Waals surface area contributed by atoms with Crippen molar-refractivity contribution in [3.8, 4) is 0 Å². The number of hydrogen-bond acceptors (Lipinski definition) is 3. The molecule has 2 aromatic rings. The summed E-state index contributed by atoms with van der Waals surface area (Å²) in [5, 5.41) is 16.3. The van der Waals surface area contributed by atoms with Gasteiger partial charge < -0.3 is 10.0 Å². The monoisotopic (exact) mass is 339 g/mol. The quantitative estimate of drug-likeness (QED) is 0.884. The molecule has 1 fully saturated rings. The Morgan fingerprint density at radius 2 is 2.08 bits per heavy atom. The van der Waals surface area contributed by atoms with E-state index in [1.165, 1.54) is 29.3 Å². The summed E-state index contributed by atoms with van der Waals surface area (Å²) in [6, 6.07) is 4.32. The molecule has 2 heterocycles. The van der Waals surface area contributed by atoms with Crippen molar-refractivity contribution in [1.82, 2.24) is 15.1 Å². The zero-order chi connectivity index (χ0) is 17.5. The van der Waals surface area contributed by atoms with Crippen LogP contribution in [-0.2, 0) is 6.18 Å². The molecule has 1 aliphatic rings. The van der Waals surface area contributed by atoms with Gasteiger partial charge in [0.25, 0.3) is 5.91 Å². The number of rotatable bonds is 2. The minimum atomic E-state index is -4.52. The first-order valence-corrected chi connectivity index (χ1v) is 7.44. The number of aliphatic hydroxyl groups is 1. The van der Waals surface area contributed by atoms with Crippen molar-refractivity contribution < 1.29 is 23.1 Å². The Kier molecular flexibility index (Phi) is 4.08. The summed E-state index contributed by atoms with van der Waals surface area (Å²) < 4.78 is 39.9. The number of halogens is 3. The molecule has 1 saturated heterocycles. The lowest BCUT2D eigenvalue weighted by atomic mass is 9.97. The predicted molar refractivity (Wildman–Crippen MR) is 79.2 cm³/mol. The number of hydrogen-bond donors (Lipinski definition) is 2. The van der Waals surface area contributed by atoms with Crippen LogP contribution in [0.15, 0.2) is 30.5 Å². The van der Waals surface area contributed by atoms with E-state index < -0.39 is 29.8 Å². The molecule has 2 atom stereocenters. The third-order valence-electron chi connectivity index (χ3n) is 4.23. The van der Waals surface area contributed by atoms with Crippen molar-refractivity contribution >= 4 is 5.91 Å². The first-order chi connectivity index (χ1) is 11.3. The average Bonchev–Trinajstić information content (AvgIpc) is 3.11. The molecule has 0 saturated carbocycles. The first kappa shape index (κ1) is 16.5. The van der Waals surface area contributed by atoms with Crippen LogP contribution in [0.25, 0.3) is 0 Å². The van der Waals surface area contributed by atoms with Crippen molar-refractivity contribution in [2.75, 3.05) is 6.54 Å². The second-order valence-electron chi connectivity index (χ2n) is 5.86. The average molecular weight is 339 g/mol. The molecule has 8 heteroatoms. The summed E-state index contributed by atoms with van der Waals surface area (Å²) in [7, 11) is 0. The Morgan fingerprint density at radius 3 is 2.71 bits per heavy atom. The van der Waals surface area contributed by atoms with Gasteiger partial charge in [-0.25, -0.2) is 0 Å². The van der Waals surface area contributed by atoms with Crippen LogP contribution < -0.4 is 0 Å². The number of nitrogens with zero attached hydrogens (tertiary/aromatic N) is 2. The van der Waals surface area contributed by atoms with Gasteiger partial charge in [0, 0.05) is 12.2 Å². The van der Waals surface area contributed by atoms with E-state index in [9.17, 15) is 23.1 Å². The van der Waals surface area contributed by atoms with E-state index in [1.807, 2.05) is 0 Å². The summed E-state index contributed by atoms with van der Waals surface area (Å²) >= 11 is 0. The first-order valence-electron chi connectivity index (χ1n) is 7.44. The highest BCUT2D eigenvalue weighted by molar-refractivity contribution is 5.95. The maximum atomic E-state index is 13.3. The van der Waals surface area contributed by atoms with Gasteiger partial charge in [-0.05, 0) is 25.0 Å². The number of carbonyl (C=O) groups is 1. The van der Waals surface area contributed by atoms with Crippen LogP contribution in [0.5, 0.6) is 0 Å². The SMILES string of the molecule is Cc1[nH]ncc1C(=O)N1C[C@H](O)C[C@H]1c1ccccc1C(F)(F)F. The minimum absolute atomic E-state index is 0.00366. The molecule has 0 aliphatic carbocycles. The third-order valence-corrected chi connectivity index (χ3v) is 4.23. The summed E-state index contributed by atoms with van der Waals surface area (Å²) in [6.07, 6.45) is -3.98. The Bertz CT molecular complexity index is 757. The lowest BCUT2D eigenvalue weighted by Gasteiger charge is -2.27. The lowest BCUT2D eigenvalue weighted by molar-refractivity contribution is -0.138. The molecule has 0 spiro atoms. The second-order valence-corrected chi connectivity index (χ2v) is 5.86. The number of nitrogens with one attached hydrogen (secondary N) is 1. The standard InChI is InChI=1S/C16H16F3N3O2/c1-9-12(7-20-21-9)15(24)22-8-10(23)6-14(22)11-4-2-3-5-13(11)16(17,18)19/h2-5,7,10,14,23H,6,8H2,1H3,(H,20,21)/t10-,14+/m1/s1. The topological polar surface area (TPSA) is 69.2 Å². The predicted octanol–water partition coefficient (Wildman–Crippen LogP) is 2.69. The van der Waals surface area contributed by atoms with E-state index in [-0.39, 0.29) is 18.5 Å². The number of alkyl halides is 3. The molecule has 3 rings (SSSR count). The van der Waals surface area contributed by atoms with Crippen molar-refractivity contribution in [3.05, 3.63) is 52.8 Å². The number of likely N-dealkylation sites (tertiary alicyclic amines) is 1. The van der Waals surface area contributed by atoms with Crippen LogP contribution in [0.3, 0.4) is 0 Å².